The van der Waals surface area contributed by atoms with Gasteiger partial charge in [-0.25, -0.2) is 0 Å². The van der Waals surface area contributed by atoms with Gasteiger partial charge in [-0.2, -0.15) is 0 Å². The van der Waals surface area contributed by atoms with Crippen LogP contribution in [0.1, 0.15) is 17.3 Å². The fourth-order valence-corrected chi connectivity index (χ4v) is 1.23. The number of carbonyl (C=O) groups excluding carboxylic acids is 1. The average Bonchev–Trinajstić information content (AvgIpc) is 2.11. The highest BCUT2D eigenvalue weighted by Gasteiger charge is 2.18. The van der Waals surface area contributed by atoms with Gasteiger partial charge in [0.25, 0.3) is 0 Å². The molecule has 0 heterocycles. The van der Waals surface area contributed by atoms with Gasteiger partial charge >= 0.3 is 0 Å². The molecule has 0 aliphatic carbocycles. The minimum Gasteiger partial charge on any atom is -0.396 e. The quantitative estimate of drug-likeness (QED) is 0.309. The van der Waals surface area contributed by atoms with E-state index in [4.69, 9.17) is 28.7 Å². The highest BCUT2D eigenvalue weighted by molar-refractivity contribution is 6.12. The molecule has 0 radical (unpaired) electrons. The summed E-state index contributed by atoms with van der Waals surface area (Å²) in [7, 11) is 0. The fourth-order valence-electron chi connectivity index (χ4n) is 1.23. The average molecular weight is 195 g/mol. The third-order valence-corrected chi connectivity index (χ3v) is 2.05. The zero-order valence-corrected chi connectivity index (χ0v) is 7.79. The molecule has 0 bridgehead atoms. The lowest BCUT2D eigenvalue weighted by atomic mass is 10.0. The van der Waals surface area contributed by atoms with Crippen molar-refractivity contribution in [2.45, 2.75) is 6.92 Å². The molecule has 0 aliphatic rings. The number of Topliss-reactive ketones (excluding diaryl/α,β-unsaturated/α-hetero) is 1. The van der Waals surface area contributed by atoms with E-state index in [0.717, 1.165) is 0 Å². The summed E-state index contributed by atoms with van der Waals surface area (Å²) >= 11 is 0. The molecule has 0 saturated heterocycles. The minimum absolute atomic E-state index is 0.0849. The molecule has 1 rings (SSSR count). The van der Waals surface area contributed by atoms with Gasteiger partial charge in [0.2, 0.25) is 0 Å². The van der Waals surface area contributed by atoms with Crippen LogP contribution < -0.4 is 28.7 Å². The maximum absolute atomic E-state index is 11.2. The van der Waals surface area contributed by atoms with E-state index in [1.165, 1.54) is 6.92 Å². The molecular formula is C8H13N5O. The second-order valence-corrected chi connectivity index (χ2v) is 3.00. The Balaban J connectivity index is 3.68. The van der Waals surface area contributed by atoms with E-state index in [1.807, 2.05) is 0 Å². The summed E-state index contributed by atoms with van der Waals surface area (Å²) in [6.45, 7) is 1.33. The lowest BCUT2D eigenvalue weighted by Gasteiger charge is -2.14. The molecule has 0 saturated carbocycles. The Labute approximate surface area is 81.0 Å². The first-order valence-electron chi connectivity index (χ1n) is 3.90. The molecule has 1 aromatic carbocycles. The molecule has 0 fully saturated rings. The molecular weight excluding hydrogens is 182 g/mol. The van der Waals surface area contributed by atoms with Crippen molar-refractivity contribution in [3.63, 3.8) is 0 Å². The normalized spacial score (nSPS) is 10.1. The summed E-state index contributed by atoms with van der Waals surface area (Å²) in [5.41, 5.74) is 28.4. The molecule has 0 atom stereocenters. The number of benzene rings is 1. The Morgan fingerprint density at radius 3 is 1.36 bits per heavy atom. The third kappa shape index (κ3) is 1.17. The van der Waals surface area contributed by atoms with Crippen LogP contribution in [-0.2, 0) is 0 Å². The number of hydrogen-bond donors (Lipinski definition) is 5. The van der Waals surface area contributed by atoms with Gasteiger partial charge < -0.3 is 28.7 Å². The molecule has 0 aromatic heterocycles. The monoisotopic (exact) mass is 195 g/mol. The van der Waals surface area contributed by atoms with Gasteiger partial charge in [0.05, 0.1) is 34.0 Å². The zero-order valence-electron chi connectivity index (χ0n) is 7.79. The zero-order chi connectivity index (χ0) is 11.0. The minimum atomic E-state index is -0.293. The summed E-state index contributed by atoms with van der Waals surface area (Å²) in [6.07, 6.45) is 0. The molecule has 6 heteroatoms. The van der Waals surface area contributed by atoms with Crippen LogP contribution in [0.15, 0.2) is 0 Å². The summed E-state index contributed by atoms with van der Waals surface area (Å²) in [6, 6.07) is 0. The highest BCUT2D eigenvalue weighted by atomic mass is 16.1. The second-order valence-electron chi connectivity index (χ2n) is 3.00. The largest absolute Gasteiger partial charge is 0.396 e. The molecule has 0 unspecified atom stereocenters. The Bertz CT molecular complexity index is 384. The van der Waals surface area contributed by atoms with Crippen LogP contribution in [0.5, 0.6) is 0 Å². The van der Waals surface area contributed by atoms with Crippen LogP contribution >= 0.6 is 0 Å². The molecule has 10 N–H and O–H groups in total. The van der Waals surface area contributed by atoms with Gasteiger partial charge in [0.1, 0.15) is 0 Å². The number of nitrogens with two attached hydrogens (primary N) is 5. The van der Waals surface area contributed by atoms with Crippen molar-refractivity contribution in [3.8, 4) is 0 Å². The molecule has 76 valence electrons. The first kappa shape index (κ1) is 9.97. The number of nitrogen functional groups attached to an aromatic ring is 5. The number of anilines is 5. The molecule has 0 spiro atoms. The lowest BCUT2D eigenvalue weighted by molar-refractivity contribution is 0.101. The number of carbonyl (C=O) groups is 1. The van der Waals surface area contributed by atoms with Crippen LogP contribution in [0.4, 0.5) is 28.4 Å². The molecule has 0 amide bonds. The highest BCUT2D eigenvalue weighted by Crippen LogP contribution is 2.38. The number of hydrogen-bond acceptors (Lipinski definition) is 6. The molecule has 1 aromatic rings. The van der Waals surface area contributed by atoms with E-state index in [2.05, 4.69) is 0 Å². The summed E-state index contributed by atoms with van der Waals surface area (Å²) in [5.74, 6) is -0.293. The summed E-state index contributed by atoms with van der Waals surface area (Å²) < 4.78 is 0. The van der Waals surface area contributed by atoms with E-state index >= 15 is 0 Å². The Morgan fingerprint density at radius 1 is 0.786 bits per heavy atom. The van der Waals surface area contributed by atoms with Gasteiger partial charge in [-0.15, -0.1) is 0 Å². The predicted octanol–water partition coefficient (Wildman–Crippen LogP) is -0.200. The van der Waals surface area contributed by atoms with Crippen molar-refractivity contribution in [3.05, 3.63) is 5.56 Å². The van der Waals surface area contributed by atoms with E-state index in [1.54, 1.807) is 0 Å². The van der Waals surface area contributed by atoms with Gasteiger partial charge in [0.15, 0.2) is 5.78 Å². The smallest absolute Gasteiger partial charge is 0.164 e. The standard InChI is InChI=1S/C8H13N5O/c1-2(14)3-4(9)6(11)8(13)7(12)5(3)10/h9-13H2,1H3. The Kier molecular flexibility index (Phi) is 2.13. The maximum Gasteiger partial charge on any atom is 0.164 e. The SMILES string of the molecule is CC(=O)c1c(N)c(N)c(N)c(N)c1N. The van der Waals surface area contributed by atoms with Crippen LogP contribution in [0.2, 0.25) is 0 Å². The van der Waals surface area contributed by atoms with Crippen LogP contribution in [0.25, 0.3) is 0 Å². The van der Waals surface area contributed by atoms with E-state index in [0.29, 0.717) is 0 Å². The molecule has 6 nitrogen and oxygen atoms in total. The fraction of sp³-hybridized carbons (Fsp3) is 0.125. The number of rotatable bonds is 1. The third-order valence-electron chi connectivity index (χ3n) is 2.05. The van der Waals surface area contributed by atoms with Crippen molar-refractivity contribution in [2.24, 2.45) is 0 Å². The summed E-state index contributed by atoms with van der Waals surface area (Å²) in [4.78, 5) is 11.2. The second kappa shape index (κ2) is 2.99. The number of ketones is 1. The van der Waals surface area contributed by atoms with Crippen LogP contribution in [0, 0.1) is 0 Å². The van der Waals surface area contributed by atoms with Crippen LogP contribution in [-0.4, -0.2) is 5.78 Å². The van der Waals surface area contributed by atoms with Gasteiger partial charge in [0, 0.05) is 0 Å². The predicted molar refractivity (Wildman–Crippen MR) is 58.5 cm³/mol. The van der Waals surface area contributed by atoms with Crippen molar-refractivity contribution in [1.29, 1.82) is 0 Å². The van der Waals surface area contributed by atoms with Gasteiger partial charge in [-0.3, -0.25) is 4.79 Å². The van der Waals surface area contributed by atoms with Gasteiger partial charge in [-0.1, -0.05) is 0 Å². The van der Waals surface area contributed by atoms with Crippen molar-refractivity contribution >= 4 is 34.2 Å². The van der Waals surface area contributed by atoms with E-state index in [-0.39, 0.29) is 39.8 Å². The van der Waals surface area contributed by atoms with E-state index < -0.39 is 0 Å². The molecule has 0 aliphatic heterocycles. The topological polar surface area (TPSA) is 147 Å². The first-order chi connectivity index (χ1) is 6.37. The Hall–Kier alpha value is -2.11. The summed E-state index contributed by atoms with van der Waals surface area (Å²) in [5, 5.41) is 0. The van der Waals surface area contributed by atoms with Crippen molar-refractivity contribution in [1.82, 2.24) is 0 Å². The van der Waals surface area contributed by atoms with Crippen LogP contribution in [0.3, 0.4) is 0 Å². The first-order valence-corrected chi connectivity index (χ1v) is 3.90. The van der Waals surface area contributed by atoms with Crippen molar-refractivity contribution in [2.75, 3.05) is 28.7 Å². The van der Waals surface area contributed by atoms with Gasteiger partial charge in [-0.05, 0) is 6.92 Å². The molecule has 14 heavy (non-hydrogen) atoms. The van der Waals surface area contributed by atoms with E-state index in [9.17, 15) is 4.79 Å². The van der Waals surface area contributed by atoms with Crippen molar-refractivity contribution < 1.29 is 4.79 Å². The lowest BCUT2D eigenvalue weighted by Crippen LogP contribution is -2.13. The maximum atomic E-state index is 11.2. The Morgan fingerprint density at radius 2 is 1.07 bits per heavy atom.